The van der Waals surface area contributed by atoms with E-state index in [4.69, 9.17) is 4.74 Å². The van der Waals surface area contributed by atoms with E-state index in [1.165, 1.54) is 5.56 Å². The van der Waals surface area contributed by atoms with Gasteiger partial charge in [-0.2, -0.15) is 0 Å². The summed E-state index contributed by atoms with van der Waals surface area (Å²) in [4.78, 5) is 0. The number of benzene rings is 1. The van der Waals surface area contributed by atoms with Crippen LogP contribution in [0, 0.1) is 0 Å². The van der Waals surface area contributed by atoms with Crippen molar-refractivity contribution < 1.29 is 4.74 Å². The lowest BCUT2D eigenvalue weighted by molar-refractivity contribution is 0.0621. The predicted molar refractivity (Wildman–Crippen MR) is 60.5 cm³/mol. The van der Waals surface area contributed by atoms with Gasteiger partial charge < -0.3 is 4.74 Å². The Morgan fingerprint density at radius 2 is 1.93 bits per heavy atom. The Labute approximate surface area is 87.1 Å². The average molecular weight is 192 g/mol. The minimum Gasteiger partial charge on any atom is -0.379 e. The molecule has 0 fully saturated rings. The monoisotopic (exact) mass is 192 g/mol. The lowest BCUT2D eigenvalue weighted by atomic mass is 10.1. The van der Waals surface area contributed by atoms with E-state index in [1.807, 2.05) is 0 Å². The zero-order chi connectivity index (χ0) is 10.2. The van der Waals surface area contributed by atoms with Crippen LogP contribution in [0.3, 0.4) is 0 Å². The van der Waals surface area contributed by atoms with E-state index < -0.39 is 0 Å². The molecule has 1 rings (SSSR count). The summed E-state index contributed by atoms with van der Waals surface area (Å²) in [6.45, 7) is 5.16. The number of rotatable bonds is 6. The summed E-state index contributed by atoms with van der Waals surface area (Å²) < 4.78 is 5.61. The molecule has 0 aromatic heterocycles. The molecule has 0 aliphatic heterocycles. The van der Waals surface area contributed by atoms with Crippen LogP contribution >= 0.6 is 0 Å². The largest absolute Gasteiger partial charge is 0.379 e. The van der Waals surface area contributed by atoms with Crippen molar-refractivity contribution in [1.29, 1.82) is 0 Å². The van der Waals surface area contributed by atoms with Crippen LogP contribution < -0.4 is 0 Å². The first-order valence-corrected chi connectivity index (χ1v) is 5.48. The molecule has 0 bridgehead atoms. The SMILES string of the molecule is CCC(C)OCCCc1ccccc1. The number of ether oxygens (including phenoxy) is 1. The fourth-order valence-corrected chi connectivity index (χ4v) is 1.32. The first-order chi connectivity index (χ1) is 6.83. The molecular weight excluding hydrogens is 172 g/mol. The van der Waals surface area contributed by atoms with Gasteiger partial charge in [-0.05, 0) is 31.7 Å². The normalized spacial score (nSPS) is 12.7. The Morgan fingerprint density at radius 3 is 2.57 bits per heavy atom. The number of aryl methyl sites for hydroxylation is 1. The van der Waals surface area contributed by atoms with Crippen molar-refractivity contribution in [3.63, 3.8) is 0 Å². The molecule has 1 aromatic rings. The second kappa shape index (κ2) is 6.61. The van der Waals surface area contributed by atoms with Gasteiger partial charge >= 0.3 is 0 Å². The van der Waals surface area contributed by atoms with E-state index in [0.29, 0.717) is 6.10 Å². The number of hydrogen-bond donors (Lipinski definition) is 0. The lowest BCUT2D eigenvalue weighted by Gasteiger charge is -2.09. The molecule has 0 aliphatic rings. The Kier molecular flexibility index (Phi) is 5.31. The number of hydrogen-bond acceptors (Lipinski definition) is 1. The van der Waals surface area contributed by atoms with Gasteiger partial charge in [0.1, 0.15) is 0 Å². The third kappa shape index (κ3) is 4.43. The van der Waals surface area contributed by atoms with E-state index >= 15 is 0 Å². The molecule has 1 heteroatoms. The lowest BCUT2D eigenvalue weighted by Crippen LogP contribution is -2.07. The van der Waals surface area contributed by atoms with E-state index in [0.717, 1.165) is 25.9 Å². The van der Waals surface area contributed by atoms with Crippen LogP contribution in [0.15, 0.2) is 30.3 Å². The summed E-state index contributed by atoms with van der Waals surface area (Å²) in [7, 11) is 0. The molecule has 78 valence electrons. The van der Waals surface area contributed by atoms with Gasteiger partial charge in [0, 0.05) is 6.61 Å². The molecule has 0 saturated heterocycles. The molecular formula is C13H20O. The summed E-state index contributed by atoms with van der Waals surface area (Å²) in [5.41, 5.74) is 1.40. The van der Waals surface area contributed by atoms with E-state index in [2.05, 4.69) is 44.2 Å². The van der Waals surface area contributed by atoms with Crippen LogP contribution in [0.5, 0.6) is 0 Å². The standard InChI is InChI=1S/C13H20O/c1-3-12(2)14-11-7-10-13-8-5-4-6-9-13/h4-6,8-9,12H,3,7,10-11H2,1-2H3. The third-order valence-corrected chi connectivity index (χ3v) is 2.43. The van der Waals surface area contributed by atoms with Gasteiger partial charge in [-0.15, -0.1) is 0 Å². The van der Waals surface area contributed by atoms with Gasteiger partial charge in [0.25, 0.3) is 0 Å². The van der Waals surface area contributed by atoms with Gasteiger partial charge in [0.2, 0.25) is 0 Å². The zero-order valence-electron chi connectivity index (χ0n) is 9.20. The molecule has 14 heavy (non-hydrogen) atoms. The van der Waals surface area contributed by atoms with Crippen LogP contribution in [0.2, 0.25) is 0 Å². The van der Waals surface area contributed by atoms with Gasteiger partial charge in [0.15, 0.2) is 0 Å². The predicted octanol–water partition coefficient (Wildman–Crippen LogP) is 3.43. The van der Waals surface area contributed by atoms with Crippen LogP contribution in [-0.4, -0.2) is 12.7 Å². The van der Waals surface area contributed by atoms with Crippen LogP contribution in [-0.2, 0) is 11.2 Å². The highest BCUT2D eigenvalue weighted by Gasteiger charge is 1.97. The molecule has 1 aromatic carbocycles. The summed E-state index contributed by atoms with van der Waals surface area (Å²) in [6.07, 6.45) is 3.75. The average Bonchev–Trinajstić information content (AvgIpc) is 2.25. The van der Waals surface area contributed by atoms with Crippen LogP contribution in [0.25, 0.3) is 0 Å². The van der Waals surface area contributed by atoms with Gasteiger partial charge in [-0.25, -0.2) is 0 Å². The Hall–Kier alpha value is -0.820. The summed E-state index contributed by atoms with van der Waals surface area (Å²) >= 11 is 0. The van der Waals surface area contributed by atoms with Gasteiger partial charge in [0.05, 0.1) is 6.10 Å². The van der Waals surface area contributed by atoms with Crippen molar-refractivity contribution in [2.24, 2.45) is 0 Å². The van der Waals surface area contributed by atoms with Crippen molar-refractivity contribution in [2.45, 2.75) is 39.2 Å². The maximum absolute atomic E-state index is 5.61. The molecule has 0 saturated carbocycles. The molecule has 1 nitrogen and oxygen atoms in total. The van der Waals surface area contributed by atoms with E-state index in [-0.39, 0.29) is 0 Å². The first kappa shape index (κ1) is 11.3. The summed E-state index contributed by atoms with van der Waals surface area (Å²) in [5.74, 6) is 0. The topological polar surface area (TPSA) is 9.23 Å². The van der Waals surface area contributed by atoms with Gasteiger partial charge in [-0.3, -0.25) is 0 Å². The molecule has 1 unspecified atom stereocenters. The highest BCUT2D eigenvalue weighted by molar-refractivity contribution is 5.14. The van der Waals surface area contributed by atoms with Crippen molar-refractivity contribution in [2.75, 3.05) is 6.61 Å². The molecule has 0 N–H and O–H groups in total. The van der Waals surface area contributed by atoms with Crippen LogP contribution in [0.4, 0.5) is 0 Å². The fraction of sp³-hybridized carbons (Fsp3) is 0.538. The molecule has 1 atom stereocenters. The second-order valence-corrected chi connectivity index (χ2v) is 3.68. The molecule has 0 heterocycles. The Morgan fingerprint density at radius 1 is 1.21 bits per heavy atom. The Bertz CT molecular complexity index is 230. The molecule has 0 spiro atoms. The molecule has 0 radical (unpaired) electrons. The van der Waals surface area contributed by atoms with Crippen molar-refractivity contribution >= 4 is 0 Å². The smallest absolute Gasteiger partial charge is 0.0544 e. The quantitative estimate of drug-likeness (QED) is 0.627. The van der Waals surface area contributed by atoms with Crippen molar-refractivity contribution in [1.82, 2.24) is 0 Å². The highest BCUT2D eigenvalue weighted by atomic mass is 16.5. The van der Waals surface area contributed by atoms with Gasteiger partial charge in [-0.1, -0.05) is 37.3 Å². The minimum absolute atomic E-state index is 0.408. The third-order valence-electron chi connectivity index (χ3n) is 2.43. The van der Waals surface area contributed by atoms with Crippen LogP contribution in [0.1, 0.15) is 32.3 Å². The van der Waals surface area contributed by atoms with E-state index in [1.54, 1.807) is 0 Å². The maximum atomic E-state index is 5.61. The van der Waals surface area contributed by atoms with Crippen molar-refractivity contribution in [3.05, 3.63) is 35.9 Å². The fourth-order valence-electron chi connectivity index (χ4n) is 1.32. The Balaban J connectivity index is 2.10. The van der Waals surface area contributed by atoms with Crippen molar-refractivity contribution in [3.8, 4) is 0 Å². The summed E-state index contributed by atoms with van der Waals surface area (Å²) in [5, 5.41) is 0. The molecule has 0 aliphatic carbocycles. The highest BCUT2D eigenvalue weighted by Crippen LogP contribution is 2.04. The molecule has 0 amide bonds. The minimum atomic E-state index is 0.408. The zero-order valence-corrected chi connectivity index (χ0v) is 9.20. The summed E-state index contributed by atoms with van der Waals surface area (Å²) in [6, 6.07) is 10.6. The van der Waals surface area contributed by atoms with E-state index in [9.17, 15) is 0 Å². The first-order valence-electron chi connectivity index (χ1n) is 5.48. The second-order valence-electron chi connectivity index (χ2n) is 3.68. The maximum Gasteiger partial charge on any atom is 0.0544 e.